The summed E-state index contributed by atoms with van der Waals surface area (Å²) in [6.07, 6.45) is 3.66. The molecule has 1 aromatic carbocycles. The van der Waals surface area contributed by atoms with Gasteiger partial charge in [-0.25, -0.2) is 0 Å². The minimum Gasteiger partial charge on any atom is -0.357 e. The molecule has 0 radical (unpaired) electrons. The highest BCUT2D eigenvalue weighted by atomic mass is 127. The van der Waals surface area contributed by atoms with Crippen molar-refractivity contribution < 1.29 is 4.79 Å². The molecule has 3 rings (SSSR count). The van der Waals surface area contributed by atoms with Crippen molar-refractivity contribution in [1.82, 2.24) is 20.4 Å². The van der Waals surface area contributed by atoms with E-state index in [1.54, 1.807) is 0 Å². The van der Waals surface area contributed by atoms with E-state index in [1.165, 1.54) is 17.7 Å². The van der Waals surface area contributed by atoms with Gasteiger partial charge in [0.2, 0.25) is 5.91 Å². The lowest BCUT2D eigenvalue weighted by molar-refractivity contribution is -0.131. The fourth-order valence-corrected chi connectivity index (χ4v) is 4.38. The Kier molecular flexibility index (Phi) is 11.1. The number of amides is 1. The summed E-state index contributed by atoms with van der Waals surface area (Å²) in [6.45, 7) is 13.2. The van der Waals surface area contributed by atoms with Crippen LogP contribution in [0.5, 0.6) is 0 Å². The Morgan fingerprint density at radius 3 is 2.39 bits per heavy atom. The van der Waals surface area contributed by atoms with E-state index in [9.17, 15) is 4.79 Å². The zero-order valence-electron chi connectivity index (χ0n) is 19.4. The van der Waals surface area contributed by atoms with Gasteiger partial charge >= 0.3 is 0 Å². The van der Waals surface area contributed by atoms with E-state index in [0.717, 1.165) is 63.9 Å². The van der Waals surface area contributed by atoms with Gasteiger partial charge in [-0.05, 0) is 43.2 Å². The van der Waals surface area contributed by atoms with Crippen LogP contribution in [0.25, 0.3) is 0 Å². The van der Waals surface area contributed by atoms with Gasteiger partial charge in [0.15, 0.2) is 5.96 Å². The van der Waals surface area contributed by atoms with Gasteiger partial charge in [-0.3, -0.25) is 9.79 Å². The topological polar surface area (TPSA) is 60.0 Å². The van der Waals surface area contributed by atoms with Crippen molar-refractivity contribution in [1.29, 1.82) is 0 Å². The molecule has 0 saturated carbocycles. The van der Waals surface area contributed by atoms with Gasteiger partial charge < -0.3 is 20.4 Å². The summed E-state index contributed by atoms with van der Waals surface area (Å²) in [5.74, 6) is 1.85. The van der Waals surface area contributed by atoms with Crippen LogP contribution in [0, 0.1) is 5.92 Å². The Hall–Kier alpha value is -1.35. The molecular weight excluding hydrogens is 501 g/mol. The lowest BCUT2D eigenvalue weighted by Crippen LogP contribution is -2.49. The highest BCUT2D eigenvalue weighted by Crippen LogP contribution is 2.22. The van der Waals surface area contributed by atoms with Gasteiger partial charge in [0.05, 0.1) is 0 Å². The summed E-state index contributed by atoms with van der Waals surface area (Å²) in [6, 6.07) is 8.81. The number of hydrogen-bond acceptors (Lipinski definition) is 3. The first kappa shape index (κ1) is 25.9. The van der Waals surface area contributed by atoms with E-state index in [2.05, 4.69) is 48.4 Å². The number of carbonyl (C=O) groups excluding carboxylic acids is 1. The van der Waals surface area contributed by atoms with E-state index in [0.29, 0.717) is 19.0 Å². The minimum atomic E-state index is 0. The molecule has 0 aliphatic carbocycles. The number of halogens is 1. The quantitative estimate of drug-likeness (QED) is 0.229. The molecule has 0 atom stereocenters. The predicted octanol–water partition coefficient (Wildman–Crippen LogP) is 3.60. The molecule has 1 amide bonds. The number of carbonyl (C=O) groups is 1. The third-order valence-corrected chi connectivity index (χ3v) is 5.91. The van der Waals surface area contributed by atoms with Crippen LogP contribution < -0.4 is 10.6 Å². The molecule has 0 spiro atoms. The summed E-state index contributed by atoms with van der Waals surface area (Å²) in [5.41, 5.74) is 2.56. The zero-order chi connectivity index (χ0) is 21.3. The Morgan fingerprint density at radius 2 is 1.81 bits per heavy atom. The Balaban J connectivity index is 0.00000341. The van der Waals surface area contributed by atoms with Crippen LogP contribution in [0.15, 0.2) is 29.3 Å². The maximum absolute atomic E-state index is 12.5. The van der Waals surface area contributed by atoms with Crippen molar-refractivity contribution in [3.63, 3.8) is 0 Å². The van der Waals surface area contributed by atoms with E-state index in [4.69, 9.17) is 4.99 Å². The summed E-state index contributed by atoms with van der Waals surface area (Å²) < 4.78 is 0. The molecule has 0 aromatic heterocycles. The first-order valence-electron chi connectivity index (χ1n) is 11.7. The van der Waals surface area contributed by atoms with Crippen molar-refractivity contribution in [3.8, 4) is 0 Å². The molecule has 2 N–H and O–H groups in total. The molecule has 0 bridgehead atoms. The molecule has 2 aliphatic rings. The molecule has 174 valence electrons. The van der Waals surface area contributed by atoms with Crippen LogP contribution in [-0.4, -0.2) is 60.4 Å². The average molecular weight is 542 g/mol. The number of likely N-dealkylation sites (tertiary alicyclic amines) is 1. The number of rotatable bonds is 8. The van der Waals surface area contributed by atoms with Crippen molar-refractivity contribution in [2.45, 2.75) is 65.6 Å². The number of piperidine rings is 1. The van der Waals surface area contributed by atoms with Crippen molar-refractivity contribution in [2.24, 2.45) is 10.9 Å². The standard InChI is InChI=1S/C24H39N5O.HI/c1-4-25-24(27-22-11-14-28(15-12-22)16-19(2)3)26-13-7-10-23(30)29-17-20-8-5-6-9-21(20)18-29;/h5-6,8-9,19,22H,4,7,10-18H2,1-3H3,(H2,25,26,27);1H. The number of guanidine groups is 1. The largest absolute Gasteiger partial charge is 0.357 e. The fourth-order valence-electron chi connectivity index (χ4n) is 4.38. The van der Waals surface area contributed by atoms with Gasteiger partial charge in [-0.15, -0.1) is 24.0 Å². The van der Waals surface area contributed by atoms with Crippen molar-refractivity contribution >= 4 is 35.8 Å². The highest BCUT2D eigenvalue weighted by molar-refractivity contribution is 14.0. The average Bonchev–Trinajstić information content (AvgIpc) is 3.16. The minimum absolute atomic E-state index is 0. The van der Waals surface area contributed by atoms with Gasteiger partial charge in [0.25, 0.3) is 0 Å². The molecule has 1 aromatic rings. The van der Waals surface area contributed by atoms with Crippen LogP contribution in [0.3, 0.4) is 0 Å². The van der Waals surface area contributed by atoms with Gasteiger partial charge in [-0.1, -0.05) is 38.1 Å². The van der Waals surface area contributed by atoms with E-state index in [-0.39, 0.29) is 29.9 Å². The first-order valence-corrected chi connectivity index (χ1v) is 11.7. The number of hydrogen-bond donors (Lipinski definition) is 2. The van der Waals surface area contributed by atoms with Crippen LogP contribution >= 0.6 is 24.0 Å². The zero-order valence-corrected chi connectivity index (χ0v) is 21.7. The van der Waals surface area contributed by atoms with Gasteiger partial charge in [0, 0.05) is 58.3 Å². The Morgan fingerprint density at radius 1 is 1.16 bits per heavy atom. The number of nitrogens with one attached hydrogen (secondary N) is 2. The summed E-state index contributed by atoms with van der Waals surface area (Å²) >= 11 is 0. The fraction of sp³-hybridized carbons (Fsp3) is 0.667. The Bertz CT molecular complexity index is 691. The maximum atomic E-state index is 12.5. The second kappa shape index (κ2) is 13.3. The molecule has 7 heteroatoms. The van der Waals surface area contributed by atoms with E-state index in [1.807, 2.05) is 17.0 Å². The molecule has 0 unspecified atom stereocenters. The third-order valence-electron chi connectivity index (χ3n) is 5.91. The number of benzene rings is 1. The number of fused-ring (bicyclic) bond motifs is 1. The molecule has 1 saturated heterocycles. The number of aliphatic imine (C=N–C) groups is 1. The normalized spacial score (nSPS) is 17.4. The third kappa shape index (κ3) is 8.25. The second-order valence-corrected chi connectivity index (χ2v) is 9.00. The van der Waals surface area contributed by atoms with Crippen LogP contribution in [-0.2, 0) is 17.9 Å². The summed E-state index contributed by atoms with van der Waals surface area (Å²) in [5, 5.41) is 6.96. The van der Waals surface area contributed by atoms with Crippen molar-refractivity contribution in [2.75, 3.05) is 32.7 Å². The van der Waals surface area contributed by atoms with Gasteiger partial charge in [-0.2, -0.15) is 0 Å². The van der Waals surface area contributed by atoms with E-state index < -0.39 is 0 Å². The smallest absolute Gasteiger partial charge is 0.223 e. The van der Waals surface area contributed by atoms with Crippen molar-refractivity contribution in [3.05, 3.63) is 35.4 Å². The predicted molar refractivity (Wildman–Crippen MR) is 139 cm³/mol. The number of nitrogens with zero attached hydrogens (tertiary/aromatic N) is 3. The summed E-state index contributed by atoms with van der Waals surface area (Å²) in [4.78, 5) is 21.8. The molecule has 2 aliphatic heterocycles. The lowest BCUT2D eigenvalue weighted by Gasteiger charge is -2.34. The van der Waals surface area contributed by atoms with Gasteiger partial charge in [0.1, 0.15) is 0 Å². The second-order valence-electron chi connectivity index (χ2n) is 9.00. The monoisotopic (exact) mass is 541 g/mol. The van der Waals surface area contributed by atoms with Crippen LogP contribution in [0.4, 0.5) is 0 Å². The molecular formula is C24H40IN5O. The van der Waals surface area contributed by atoms with Crippen LogP contribution in [0.2, 0.25) is 0 Å². The highest BCUT2D eigenvalue weighted by Gasteiger charge is 2.22. The molecule has 1 fully saturated rings. The Labute approximate surface area is 205 Å². The lowest BCUT2D eigenvalue weighted by atomic mass is 10.0. The summed E-state index contributed by atoms with van der Waals surface area (Å²) in [7, 11) is 0. The molecule has 2 heterocycles. The van der Waals surface area contributed by atoms with E-state index >= 15 is 0 Å². The maximum Gasteiger partial charge on any atom is 0.223 e. The molecule has 6 nitrogen and oxygen atoms in total. The molecule has 31 heavy (non-hydrogen) atoms. The SMILES string of the molecule is CCNC(=NCCCC(=O)N1Cc2ccccc2C1)NC1CCN(CC(C)C)CC1.I. The van der Waals surface area contributed by atoms with Crippen LogP contribution in [0.1, 0.15) is 57.6 Å². The first-order chi connectivity index (χ1) is 14.5.